The van der Waals surface area contributed by atoms with Crippen molar-refractivity contribution in [2.75, 3.05) is 18.3 Å². The molecule has 0 atom stereocenters. The van der Waals surface area contributed by atoms with Crippen molar-refractivity contribution in [2.24, 2.45) is 0 Å². The van der Waals surface area contributed by atoms with Crippen LogP contribution in [0.25, 0.3) is 6.08 Å². The topological polar surface area (TPSA) is 81.1 Å². The lowest BCUT2D eigenvalue weighted by Crippen LogP contribution is -2.28. The number of benzene rings is 3. The third kappa shape index (κ3) is 4.67. The minimum absolute atomic E-state index is 0.0587. The van der Waals surface area contributed by atoms with Crippen molar-refractivity contribution in [3.8, 4) is 23.0 Å². The highest BCUT2D eigenvalue weighted by Gasteiger charge is 2.34. The van der Waals surface area contributed by atoms with Crippen molar-refractivity contribution in [1.29, 1.82) is 5.41 Å². The summed E-state index contributed by atoms with van der Waals surface area (Å²) >= 11 is 1.07. The molecule has 9 heteroatoms. The van der Waals surface area contributed by atoms with Crippen LogP contribution in [0.1, 0.15) is 18.1 Å². The van der Waals surface area contributed by atoms with E-state index in [1.165, 1.54) is 11.0 Å². The highest BCUT2D eigenvalue weighted by Crippen LogP contribution is 2.41. The zero-order chi connectivity index (χ0) is 24.4. The summed E-state index contributed by atoms with van der Waals surface area (Å²) in [4.78, 5) is 14.8. The number of ether oxygens (including phenoxy) is 4. The van der Waals surface area contributed by atoms with Crippen LogP contribution in [0.15, 0.2) is 65.6 Å². The molecular weight excluding hydrogens is 471 g/mol. The van der Waals surface area contributed by atoms with Crippen LogP contribution in [0.3, 0.4) is 0 Å². The van der Waals surface area contributed by atoms with E-state index in [4.69, 9.17) is 24.4 Å². The number of fused-ring (bicyclic) bond motifs is 1. The fourth-order valence-electron chi connectivity index (χ4n) is 3.67. The van der Waals surface area contributed by atoms with E-state index in [1.807, 2.05) is 6.92 Å². The van der Waals surface area contributed by atoms with Crippen molar-refractivity contribution < 1.29 is 28.1 Å². The molecule has 1 N–H and O–H groups in total. The highest BCUT2D eigenvalue weighted by atomic mass is 32.2. The largest absolute Gasteiger partial charge is 0.490 e. The number of nitrogens with zero attached hydrogens (tertiary/aromatic N) is 1. The number of carbonyl (C=O) groups is 1. The number of thioether (sulfide) groups is 1. The minimum Gasteiger partial charge on any atom is -0.490 e. The molecular formula is C26H21FN2O5S. The molecule has 2 heterocycles. The second kappa shape index (κ2) is 9.71. The van der Waals surface area contributed by atoms with Gasteiger partial charge in [0, 0.05) is 11.6 Å². The number of hydrogen-bond donors (Lipinski definition) is 1. The Bertz CT molecular complexity index is 1340. The molecule has 0 radical (unpaired) electrons. The van der Waals surface area contributed by atoms with Crippen LogP contribution in [0.2, 0.25) is 0 Å². The Morgan fingerprint density at radius 2 is 1.89 bits per heavy atom. The van der Waals surface area contributed by atoms with E-state index >= 15 is 0 Å². The van der Waals surface area contributed by atoms with Gasteiger partial charge >= 0.3 is 0 Å². The van der Waals surface area contributed by atoms with E-state index in [2.05, 4.69) is 0 Å². The SMILES string of the molecule is CCOc1cc(/C=C2\SC(=N)N(c3ccc4c(c3)OCO4)C2=O)ccc1OCc1ccccc1F. The smallest absolute Gasteiger partial charge is 0.271 e. The van der Waals surface area contributed by atoms with Gasteiger partial charge in [0.05, 0.1) is 17.2 Å². The Morgan fingerprint density at radius 3 is 2.71 bits per heavy atom. The van der Waals surface area contributed by atoms with Crippen molar-refractivity contribution >= 4 is 34.6 Å². The molecule has 0 spiro atoms. The molecule has 3 aromatic rings. The zero-order valence-corrected chi connectivity index (χ0v) is 19.6. The van der Waals surface area contributed by atoms with Gasteiger partial charge in [-0.25, -0.2) is 4.39 Å². The van der Waals surface area contributed by atoms with Crippen LogP contribution < -0.4 is 23.8 Å². The maximum Gasteiger partial charge on any atom is 0.271 e. The number of anilines is 1. The van der Waals surface area contributed by atoms with Gasteiger partial charge in [0.15, 0.2) is 28.2 Å². The molecule has 1 saturated heterocycles. The summed E-state index contributed by atoms with van der Waals surface area (Å²) in [5.74, 6) is 1.46. The van der Waals surface area contributed by atoms with Crippen LogP contribution in [0.5, 0.6) is 23.0 Å². The summed E-state index contributed by atoms with van der Waals surface area (Å²) < 4.78 is 36.2. The molecule has 2 aliphatic rings. The Hall–Kier alpha value is -3.98. The molecule has 0 bridgehead atoms. The Labute approximate surface area is 205 Å². The fourth-order valence-corrected chi connectivity index (χ4v) is 4.53. The Morgan fingerprint density at radius 1 is 1.06 bits per heavy atom. The van der Waals surface area contributed by atoms with E-state index in [1.54, 1.807) is 60.7 Å². The monoisotopic (exact) mass is 492 g/mol. The number of amides is 1. The minimum atomic E-state index is -0.335. The van der Waals surface area contributed by atoms with Crippen LogP contribution in [0, 0.1) is 11.2 Å². The summed E-state index contributed by atoms with van der Waals surface area (Å²) in [6.45, 7) is 2.45. The van der Waals surface area contributed by atoms with Crippen molar-refractivity contribution in [3.05, 3.63) is 82.5 Å². The van der Waals surface area contributed by atoms with Crippen molar-refractivity contribution in [2.45, 2.75) is 13.5 Å². The first-order valence-electron chi connectivity index (χ1n) is 10.9. The Balaban J connectivity index is 1.36. The normalized spacial score (nSPS) is 15.7. The predicted octanol–water partition coefficient (Wildman–Crippen LogP) is 5.59. The maximum atomic E-state index is 13.9. The van der Waals surface area contributed by atoms with Crippen molar-refractivity contribution in [3.63, 3.8) is 0 Å². The van der Waals surface area contributed by atoms with Crippen LogP contribution in [-0.4, -0.2) is 24.5 Å². The van der Waals surface area contributed by atoms with E-state index in [9.17, 15) is 9.18 Å². The first kappa shape index (κ1) is 22.8. The first-order chi connectivity index (χ1) is 17.0. The molecule has 7 nitrogen and oxygen atoms in total. The van der Waals surface area contributed by atoms with Gasteiger partial charge in [0.1, 0.15) is 12.4 Å². The molecule has 35 heavy (non-hydrogen) atoms. The van der Waals surface area contributed by atoms with Gasteiger partial charge in [0.2, 0.25) is 6.79 Å². The van der Waals surface area contributed by atoms with Gasteiger partial charge in [-0.15, -0.1) is 0 Å². The quantitative estimate of drug-likeness (QED) is 0.433. The third-order valence-electron chi connectivity index (χ3n) is 5.34. The van der Waals surface area contributed by atoms with Gasteiger partial charge < -0.3 is 18.9 Å². The molecule has 0 aromatic heterocycles. The summed E-state index contributed by atoms with van der Waals surface area (Å²) in [6.07, 6.45) is 1.71. The standard InChI is InChI=1S/C26H21FN2O5S/c1-2-31-22-11-16(7-9-20(22)32-14-17-5-3-4-6-19(17)27)12-24-25(30)29(26(28)35-24)18-8-10-21-23(13-18)34-15-33-21/h3-13,28H,2,14-15H2,1H3/b24-12-,28-26?. The van der Waals surface area contributed by atoms with Gasteiger partial charge in [-0.3, -0.25) is 15.1 Å². The zero-order valence-electron chi connectivity index (χ0n) is 18.7. The van der Waals surface area contributed by atoms with E-state index in [0.717, 1.165) is 11.8 Å². The third-order valence-corrected chi connectivity index (χ3v) is 6.23. The first-order valence-corrected chi connectivity index (χ1v) is 11.7. The summed E-state index contributed by atoms with van der Waals surface area (Å²) in [7, 11) is 0. The maximum absolute atomic E-state index is 13.9. The number of hydrogen-bond acceptors (Lipinski definition) is 7. The molecule has 1 amide bonds. The molecule has 3 aromatic carbocycles. The number of carbonyl (C=O) groups excluding carboxylic acids is 1. The summed E-state index contributed by atoms with van der Waals surface area (Å²) in [5.41, 5.74) is 1.69. The lowest BCUT2D eigenvalue weighted by Gasteiger charge is -2.14. The number of halogens is 1. The average Bonchev–Trinajstić information content (AvgIpc) is 3.43. The molecule has 5 rings (SSSR count). The van der Waals surface area contributed by atoms with E-state index in [0.29, 0.717) is 51.3 Å². The molecule has 178 valence electrons. The number of rotatable bonds is 7. The van der Waals surface area contributed by atoms with Gasteiger partial charge in [0.25, 0.3) is 5.91 Å². The average molecular weight is 493 g/mol. The molecule has 2 aliphatic heterocycles. The Kier molecular flexibility index (Phi) is 6.33. The van der Waals surface area contributed by atoms with Gasteiger partial charge in [-0.05, 0) is 60.7 Å². The van der Waals surface area contributed by atoms with Gasteiger partial charge in [-0.2, -0.15) is 0 Å². The lowest BCUT2D eigenvalue weighted by molar-refractivity contribution is -0.113. The fraction of sp³-hybridized carbons (Fsp3) is 0.154. The van der Waals surface area contributed by atoms with Crippen LogP contribution >= 0.6 is 11.8 Å². The lowest BCUT2D eigenvalue weighted by atomic mass is 10.1. The van der Waals surface area contributed by atoms with Crippen molar-refractivity contribution in [1.82, 2.24) is 0 Å². The van der Waals surface area contributed by atoms with Gasteiger partial charge in [-0.1, -0.05) is 24.3 Å². The van der Waals surface area contributed by atoms with E-state index < -0.39 is 0 Å². The summed E-state index contributed by atoms with van der Waals surface area (Å²) in [6, 6.07) is 16.8. The second-order valence-electron chi connectivity index (χ2n) is 7.61. The molecule has 1 fully saturated rings. The highest BCUT2D eigenvalue weighted by molar-refractivity contribution is 8.19. The van der Waals surface area contributed by atoms with Crippen LogP contribution in [0.4, 0.5) is 10.1 Å². The number of amidine groups is 1. The summed E-state index contributed by atoms with van der Waals surface area (Å²) in [5, 5.41) is 8.44. The molecule has 0 saturated carbocycles. The predicted molar refractivity (Wildman–Crippen MR) is 132 cm³/mol. The molecule has 0 unspecified atom stereocenters. The molecule has 0 aliphatic carbocycles. The van der Waals surface area contributed by atoms with Crippen LogP contribution in [-0.2, 0) is 11.4 Å². The second-order valence-corrected chi connectivity index (χ2v) is 8.64. The van der Waals surface area contributed by atoms with E-state index in [-0.39, 0.29) is 30.3 Å². The number of nitrogens with one attached hydrogen (secondary N) is 1.